The largest absolute Gasteiger partial charge is 0.497 e. The number of aryl methyl sites for hydroxylation is 1. The summed E-state index contributed by atoms with van der Waals surface area (Å²) in [5, 5.41) is 7.57. The molecule has 0 aliphatic heterocycles. The van der Waals surface area contributed by atoms with Crippen LogP contribution >= 0.6 is 0 Å². The maximum atomic E-state index is 13.2. The summed E-state index contributed by atoms with van der Waals surface area (Å²) in [4.78, 5) is 13.2. The lowest BCUT2D eigenvalue weighted by Gasteiger charge is -2.12. The Morgan fingerprint density at radius 3 is 2.41 bits per heavy atom. The number of methoxy groups -OCH3 is 2. The average Bonchev–Trinajstić information content (AvgIpc) is 3.32. The van der Waals surface area contributed by atoms with Gasteiger partial charge in [-0.3, -0.25) is 4.79 Å². The van der Waals surface area contributed by atoms with E-state index in [0.717, 1.165) is 28.3 Å². The number of rotatable bonds is 9. The second-order valence-corrected chi connectivity index (χ2v) is 7.69. The predicted octanol–water partition coefficient (Wildman–Crippen LogP) is 5.13. The monoisotopic (exact) mass is 457 g/mol. The first-order valence-electron chi connectivity index (χ1n) is 10.9. The molecule has 7 nitrogen and oxygen atoms in total. The molecule has 1 heterocycles. The number of carbonyl (C=O) groups is 1. The molecule has 7 heteroatoms. The van der Waals surface area contributed by atoms with E-state index in [9.17, 15) is 4.79 Å². The van der Waals surface area contributed by atoms with Crippen LogP contribution in [-0.2, 0) is 4.74 Å². The van der Waals surface area contributed by atoms with Gasteiger partial charge in [-0.15, -0.1) is 0 Å². The van der Waals surface area contributed by atoms with Crippen molar-refractivity contribution in [2.75, 3.05) is 32.8 Å². The fourth-order valence-corrected chi connectivity index (χ4v) is 3.50. The van der Waals surface area contributed by atoms with Gasteiger partial charge in [0.25, 0.3) is 5.91 Å². The van der Waals surface area contributed by atoms with E-state index in [0.29, 0.717) is 24.7 Å². The number of nitrogens with one attached hydrogen (secondary N) is 1. The molecule has 34 heavy (non-hydrogen) atoms. The van der Waals surface area contributed by atoms with Gasteiger partial charge in [-0.2, -0.15) is 5.10 Å². The highest BCUT2D eigenvalue weighted by Crippen LogP contribution is 2.29. The Balaban J connectivity index is 1.67. The molecule has 1 aromatic heterocycles. The summed E-state index contributed by atoms with van der Waals surface area (Å²) in [6, 6.07) is 24.8. The van der Waals surface area contributed by atoms with Gasteiger partial charge in [0.05, 0.1) is 30.8 Å². The molecule has 4 aromatic rings. The fourth-order valence-electron chi connectivity index (χ4n) is 3.50. The molecule has 0 saturated carbocycles. The van der Waals surface area contributed by atoms with Gasteiger partial charge in [-0.1, -0.05) is 24.3 Å². The van der Waals surface area contributed by atoms with Crippen molar-refractivity contribution in [1.29, 1.82) is 0 Å². The van der Waals surface area contributed by atoms with Crippen LogP contribution in [0.25, 0.3) is 16.9 Å². The third-order valence-corrected chi connectivity index (χ3v) is 5.26. The van der Waals surface area contributed by atoms with Crippen LogP contribution < -0.4 is 14.8 Å². The quantitative estimate of drug-likeness (QED) is 0.353. The molecule has 0 spiro atoms. The smallest absolute Gasteiger partial charge is 0.276 e. The van der Waals surface area contributed by atoms with Crippen LogP contribution in [0.3, 0.4) is 0 Å². The molecule has 0 atom stereocenters. The Hall–Kier alpha value is -4.10. The average molecular weight is 458 g/mol. The van der Waals surface area contributed by atoms with E-state index in [-0.39, 0.29) is 11.6 Å². The SMILES string of the molecule is COCCOc1cc(C)ccc1NC(=O)c1cc(-c2ccc(OC)cc2)n(-c2ccccc2)n1. The molecule has 0 bridgehead atoms. The number of amides is 1. The summed E-state index contributed by atoms with van der Waals surface area (Å²) in [6.07, 6.45) is 0. The van der Waals surface area contributed by atoms with Crippen molar-refractivity contribution < 1.29 is 19.0 Å². The van der Waals surface area contributed by atoms with Crippen LogP contribution in [0.1, 0.15) is 16.1 Å². The number of hydrogen-bond acceptors (Lipinski definition) is 5. The molecular weight excluding hydrogens is 430 g/mol. The number of aromatic nitrogens is 2. The summed E-state index contributed by atoms with van der Waals surface area (Å²) < 4.78 is 17.9. The first-order chi connectivity index (χ1) is 16.6. The summed E-state index contributed by atoms with van der Waals surface area (Å²) >= 11 is 0. The standard InChI is InChI=1S/C27H27N3O4/c1-19-9-14-23(26(17-19)34-16-15-32-2)28-27(31)24-18-25(20-10-12-22(33-3)13-11-20)30(29-24)21-7-5-4-6-8-21/h4-14,17-18H,15-16H2,1-3H3,(H,28,31). The van der Waals surface area contributed by atoms with Gasteiger partial charge in [-0.25, -0.2) is 4.68 Å². The zero-order valence-corrected chi connectivity index (χ0v) is 19.4. The zero-order valence-electron chi connectivity index (χ0n) is 19.4. The Kier molecular flexibility index (Phi) is 7.25. The maximum Gasteiger partial charge on any atom is 0.276 e. The molecule has 174 valence electrons. The van der Waals surface area contributed by atoms with Crippen molar-refractivity contribution in [1.82, 2.24) is 9.78 Å². The lowest BCUT2D eigenvalue weighted by molar-refractivity contribution is 0.102. The normalized spacial score (nSPS) is 10.7. The number of hydrogen-bond donors (Lipinski definition) is 1. The number of benzene rings is 3. The molecule has 0 fully saturated rings. The van der Waals surface area contributed by atoms with Crippen LogP contribution in [-0.4, -0.2) is 43.1 Å². The van der Waals surface area contributed by atoms with E-state index >= 15 is 0 Å². The molecule has 0 unspecified atom stereocenters. The summed E-state index contributed by atoms with van der Waals surface area (Å²) in [5.74, 6) is 1.01. The molecule has 0 aliphatic carbocycles. The number of ether oxygens (including phenoxy) is 3. The molecule has 1 N–H and O–H groups in total. The van der Waals surface area contributed by atoms with E-state index in [4.69, 9.17) is 14.2 Å². The first-order valence-corrected chi connectivity index (χ1v) is 10.9. The van der Waals surface area contributed by atoms with Gasteiger partial charge in [-0.05, 0) is 67.1 Å². The number of nitrogens with zero attached hydrogens (tertiary/aromatic N) is 2. The molecular formula is C27H27N3O4. The number of para-hydroxylation sites is 1. The summed E-state index contributed by atoms with van der Waals surface area (Å²) in [5.41, 5.74) is 4.45. The van der Waals surface area contributed by atoms with Crippen molar-refractivity contribution in [3.63, 3.8) is 0 Å². The van der Waals surface area contributed by atoms with E-state index < -0.39 is 0 Å². The molecule has 3 aromatic carbocycles. The first kappa shape index (κ1) is 23.1. The minimum atomic E-state index is -0.329. The van der Waals surface area contributed by atoms with Crippen molar-refractivity contribution in [2.45, 2.75) is 6.92 Å². The molecule has 4 rings (SSSR count). The van der Waals surface area contributed by atoms with E-state index in [1.807, 2.05) is 79.7 Å². The minimum absolute atomic E-state index is 0.290. The Bertz CT molecular complexity index is 1250. The highest BCUT2D eigenvalue weighted by atomic mass is 16.5. The van der Waals surface area contributed by atoms with Gasteiger partial charge in [0, 0.05) is 12.7 Å². The van der Waals surface area contributed by atoms with Crippen LogP contribution in [0.4, 0.5) is 5.69 Å². The Labute approximate surface area is 198 Å². The van der Waals surface area contributed by atoms with Gasteiger partial charge >= 0.3 is 0 Å². The van der Waals surface area contributed by atoms with E-state index in [1.165, 1.54) is 0 Å². The minimum Gasteiger partial charge on any atom is -0.497 e. The molecule has 0 radical (unpaired) electrons. The summed E-state index contributed by atoms with van der Waals surface area (Å²) in [6.45, 7) is 2.80. The Morgan fingerprint density at radius 2 is 1.71 bits per heavy atom. The van der Waals surface area contributed by atoms with Gasteiger partial charge < -0.3 is 19.5 Å². The van der Waals surface area contributed by atoms with Crippen molar-refractivity contribution in [2.24, 2.45) is 0 Å². The van der Waals surface area contributed by atoms with Crippen LogP contribution in [0.2, 0.25) is 0 Å². The van der Waals surface area contributed by atoms with Crippen LogP contribution in [0.15, 0.2) is 78.9 Å². The second-order valence-electron chi connectivity index (χ2n) is 7.69. The predicted molar refractivity (Wildman–Crippen MR) is 132 cm³/mol. The van der Waals surface area contributed by atoms with Gasteiger partial charge in [0.15, 0.2) is 5.69 Å². The van der Waals surface area contributed by atoms with E-state index in [2.05, 4.69) is 10.4 Å². The molecule has 0 saturated heterocycles. The Morgan fingerprint density at radius 1 is 0.941 bits per heavy atom. The zero-order chi connectivity index (χ0) is 23.9. The topological polar surface area (TPSA) is 74.6 Å². The molecule has 0 aliphatic rings. The maximum absolute atomic E-state index is 13.2. The lowest BCUT2D eigenvalue weighted by atomic mass is 10.1. The summed E-state index contributed by atoms with van der Waals surface area (Å²) in [7, 11) is 3.25. The second kappa shape index (κ2) is 10.7. The van der Waals surface area contributed by atoms with E-state index in [1.54, 1.807) is 25.0 Å². The van der Waals surface area contributed by atoms with Gasteiger partial charge in [0.2, 0.25) is 0 Å². The lowest BCUT2D eigenvalue weighted by Crippen LogP contribution is -2.15. The van der Waals surface area contributed by atoms with Crippen LogP contribution in [0.5, 0.6) is 11.5 Å². The molecule has 1 amide bonds. The van der Waals surface area contributed by atoms with Crippen LogP contribution in [0, 0.1) is 6.92 Å². The number of carbonyl (C=O) groups excluding carboxylic acids is 1. The third kappa shape index (κ3) is 5.27. The van der Waals surface area contributed by atoms with Crippen molar-refractivity contribution in [3.05, 3.63) is 90.1 Å². The van der Waals surface area contributed by atoms with Gasteiger partial charge in [0.1, 0.15) is 18.1 Å². The highest BCUT2D eigenvalue weighted by molar-refractivity contribution is 6.04. The highest BCUT2D eigenvalue weighted by Gasteiger charge is 2.18. The van der Waals surface area contributed by atoms with Crippen molar-refractivity contribution in [3.8, 4) is 28.4 Å². The van der Waals surface area contributed by atoms with Crippen molar-refractivity contribution >= 4 is 11.6 Å². The number of anilines is 1. The third-order valence-electron chi connectivity index (χ3n) is 5.26. The fraction of sp³-hybridized carbons (Fsp3) is 0.185.